The van der Waals surface area contributed by atoms with Crippen molar-refractivity contribution in [3.05, 3.63) is 16.1 Å². The Balaban J connectivity index is 2.93. The van der Waals surface area contributed by atoms with E-state index in [1.807, 2.05) is 6.92 Å². The van der Waals surface area contributed by atoms with E-state index in [0.717, 1.165) is 4.88 Å². The van der Waals surface area contributed by atoms with Crippen molar-refractivity contribution < 1.29 is 4.79 Å². The number of aryl methyl sites for hydroxylation is 1. The van der Waals surface area contributed by atoms with E-state index in [4.69, 9.17) is 5.73 Å². The lowest BCUT2D eigenvalue weighted by Gasteiger charge is -2.00. The molecule has 1 aromatic heterocycles. The van der Waals surface area contributed by atoms with Crippen molar-refractivity contribution in [2.24, 2.45) is 5.73 Å². The Kier molecular flexibility index (Phi) is 2.36. The Hall–Kier alpha value is -0.740. The monoisotopic (exact) mass is 170 g/mol. The van der Waals surface area contributed by atoms with Crippen LogP contribution in [0.2, 0.25) is 0 Å². The van der Waals surface area contributed by atoms with Crippen LogP contribution < -0.4 is 5.73 Å². The van der Waals surface area contributed by atoms with Gasteiger partial charge in [-0.15, -0.1) is 11.3 Å². The second-order valence-electron chi connectivity index (χ2n) is 2.41. The van der Waals surface area contributed by atoms with Gasteiger partial charge in [0.1, 0.15) is 5.69 Å². The van der Waals surface area contributed by atoms with Crippen molar-refractivity contribution >= 4 is 17.1 Å². The molecule has 0 aromatic carbocycles. The summed E-state index contributed by atoms with van der Waals surface area (Å²) >= 11 is 1.46. The molecule has 1 rings (SSSR count). The molecule has 3 nitrogen and oxygen atoms in total. The molecule has 60 valence electrons. The summed E-state index contributed by atoms with van der Waals surface area (Å²) in [5.74, 6) is -0.0799. The maximum atomic E-state index is 11.2. The molecular weight excluding hydrogens is 160 g/mol. The van der Waals surface area contributed by atoms with Crippen LogP contribution in [0.1, 0.15) is 22.3 Å². The van der Waals surface area contributed by atoms with Crippen molar-refractivity contribution in [2.75, 3.05) is 0 Å². The third kappa shape index (κ3) is 1.64. The summed E-state index contributed by atoms with van der Waals surface area (Å²) in [5.41, 5.74) is 7.59. The van der Waals surface area contributed by atoms with Gasteiger partial charge in [-0.25, -0.2) is 4.98 Å². The normalized spacial score (nSPS) is 13.0. The Morgan fingerprint density at radius 2 is 2.45 bits per heavy atom. The molecule has 0 aliphatic carbocycles. The number of ketones is 1. The summed E-state index contributed by atoms with van der Waals surface area (Å²) < 4.78 is 0. The standard InChI is InChI=1S/C7H10N2OS/c1-4(8)7(10)6-5(2)11-3-9-6/h3-4H,8H2,1-2H3. The summed E-state index contributed by atoms with van der Waals surface area (Å²) in [7, 11) is 0. The molecule has 0 bridgehead atoms. The number of hydrogen-bond donors (Lipinski definition) is 1. The summed E-state index contributed by atoms with van der Waals surface area (Å²) in [6, 6.07) is -0.448. The van der Waals surface area contributed by atoms with Gasteiger partial charge in [0.2, 0.25) is 0 Å². The molecule has 0 radical (unpaired) electrons. The van der Waals surface area contributed by atoms with Gasteiger partial charge in [0, 0.05) is 4.88 Å². The average Bonchev–Trinajstić information content (AvgIpc) is 2.33. The van der Waals surface area contributed by atoms with Gasteiger partial charge in [0.15, 0.2) is 5.78 Å². The van der Waals surface area contributed by atoms with Gasteiger partial charge in [-0.3, -0.25) is 4.79 Å². The number of nitrogens with zero attached hydrogens (tertiary/aromatic N) is 1. The minimum atomic E-state index is -0.448. The molecule has 11 heavy (non-hydrogen) atoms. The smallest absolute Gasteiger partial charge is 0.198 e. The molecule has 1 atom stereocenters. The second-order valence-corrected chi connectivity index (χ2v) is 3.47. The molecule has 2 N–H and O–H groups in total. The van der Waals surface area contributed by atoms with E-state index in [1.165, 1.54) is 11.3 Å². The number of hydrogen-bond acceptors (Lipinski definition) is 4. The summed E-state index contributed by atoms with van der Waals surface area (Å²) in [4.78, 5) is 16.1. The van der Waals surface area contributed by atoms with Gasteiger partial charge in [-0.1, -0.05) is 0 Å². The van der Waals surface area contributed by atoms with E-state index in [2.05, 4.69) is 4.98 Å². The van der Waals surface area contributed by atoms with Gasteiger partial charge in [-0.05, 0) is 13.8 Å². The zero-order chi connectivity index (χ0) is 8.43. The number of thiazole rings is 1. The lowest BCUT2D eigenvalue weighted by molar-refractivity contribution is 0.0963. The molecule has 1 aromatic rings. The van der Waals surface area contributed by atoms with Crippen LogP contribution >= 0.6 is 11.3 Å². The third-order valence-corrected chi connectivity index (χ3v) is 2.15. The number of carbonyl (C=O) groups is 1. The van der Waals surface area contributed by atoms with E-state index in [9.17, 15) is 4.79 Å². The highest BCUT2D eigenvalue weighted by molar-refractivity contribution is 7.09. The van der Waals surface area contributed by atoms with Gasteiger partial charge >= 0.3 is 0 Å². The summed E-state index contributed by atoms with van der Waals surface area (Å²) in [6.45, 7) is 3.54. The van der Waals surface area contributed by atoms with Crippen molar-refractivity contribution in [3.8, 4) is 0 Å². The van der Waals surface area contributed by atoms with Crippen molar-refractivity contribution in [2.45, 2.75) is 19.9 Å². The van der Waals surface area contributed by atoms with Crippen molar-refractivity contribution in [1.82, 2.24) is 4.98 Å². The SMILES string of the molecule is Cc1scnc1C(=O)C(C)N. The fourth-order valence-corrected chi connectivity index (χ4v) is 1.34. The van der Waals surface area contributed by atoms with Crippen LogP contribution in [0.3, 0.4) is 0 Å². The second kappa shape index (κ2) is 3.11. The quantitative estimate of drug-likeness (QED) is 0.673. The average molecular weight is 170 g/mol. The fraction of sp³-hybridized carbons (Fsp3) is 0.429. The van der Waals surface area contributed by atoms with Crippen molar-refractivity contribution in [3.63, 3.8) is 0 Å². The molecule has 0 saturated heterocycles. The van der Waals surface area contributed by atoms with Crippen LogP contribution in [0.25, 0.3) is 0 Å². The van der Waals surface area contributed by atoms with Gasteiger partial charge < -0.3 is 5.73 Å². The van der Waals surface area contributed by atoms with Gasteiger partial charge in [0.05, 0.1) is 11.6 Å². The van der Waals surface area contributed by atoms with Crippen LogP contribution in [0.15, 0.2) is 5.51 Å². The zero-order valence-corrected chi connectivity index (χ0v) is 7.31. The lowest BCUT2D eigenvalue weighted by Crippen LogP contribution is -2.27. The first-order chi connectivity index (χ1) is 5.13. The Morgan fingerprint density at radius 1 is 1.82 bits per heavy atom. The zero-order valence-electron chi connectivity index (χ0n) is 6.50. The highest BCUT2D eigenvalue weighted by Gasteiger charge is 2.15. The van der Waals surface area contributed by atoms with Gasteiger partial charge in [0.25, 0.3) is 0 Å². The minimum absolute atomic E-state index is 0.0799. The predicted molar refractivity (Wildman–Crippen MR) is 44.8 cm³/mol. The van der Waals surface area contributed by atoms with Gasteiger partial charge in [-0.2, -0.15) is 0 Å². The molecule has 0 aliphatic rings. The van der Waals surface area contributed by atoms with Crippen molar-refractivity contribution in [1.29, 1.82) is 0 Å². The maximum Gasteiger partial charge on any atom is 0.198 e. The maximum absolute atomic E-state index is 11.2. The number of Topliss-reactive ketones (excluding diaryl/α,β-unsaturated/α-hetero) is 1. The molecular formula is C7H10N2OS. The lowest BCUT2D eigenvalue weighted by atomic mass is 10.1. The number of carbonyl (C=O) groups excluding carboxylic acids is 1. The first-order valence-electron chi connectivity index (χ1n) is 3.33. The van der Waals surface area contributed by atoms with Crippen LogP contribution in [0, 0.1) is 6.92 Å². The number of nitrogens with two attached hydrogens (primary N) is 1. The predicted octanol–water partition coefficient (Wildman–Crippen LogP) is 0.981. The molecule has 1 heterocycles. The van der Waals surface area contributed by atoms with E-state index < -0.39 is 6.04 Å². The molecule has 1 unspecified atom stereocenters. The topological polar surface area (TPSA) is 56.0 Å². The largest absolute Gasteiger partial charge is 0.321 e. The van der Waals surface area contributed by atoms with Crippen LogP contribution in [0.5, 0.6) is 0 Å². The molecule has 0 fully saturated rings. The number of aromatic nitrogens is 1. The van der Waals surface area contributed by atoms with E-state index in [1.54, 1.807) is 12.4 Å². The number of rotatable bonds is 2. The Morgan fingerprint density at radius 3 is 2.82 bits per heavy atom. The van der Waals surface area contributed by atoms with Crippen LogP contribution in [-0.2, 0) is 0 Å². The third-order valence-electron chi connectivity index (χ3n) is 1.39. The van der Waals surface area contributed by atoms with Crippen LogP contribution in [-0.4, -0.2) is 16.8 Å². The first kappa shape index (κ1) is 8.36. The van der Waals surface area contributed by atoms with E-state index in [-0.39, 0.29) is 5.78 Å². The van der Waals surface area contributed by atoms with E-state index >= 15 is 0 Å². The minimum Gasteiger partial charge on any atom is -0.321 e. The fourth-order valence-electron chi connectivity index (χ4n) is 0.758. The Labute approximate surface area is 69.3 Å². The summed E-state index contributed by atoms with van der Waals surface area (Å²) in [6.07, 6.45) is 0. The Bertz CT molecular complexity index is 267. The molecule has 0 saturated carbocycles. The first-order valence-corrected chi connectivity index (χ1v) is 4.20. The molecule has 0 aliphatic heterocycles. The van der Waals surface area contributed by atoms with E-state index in [0.29, 0.717) is 5.69 Å². The highest BCUT2D eigenvalue weighted by Crippen LogP contribution is 2.12. The molecule has 0 amide bonds. The highest BCUT2D eigenvalue weighted by atomic mass is 32.1. The molecule has 0 spiro atoms. The summed E-state index contributed by atoms with van der Waals surface area (Å²) in [5, 5.41) is 0. The molecule has 4 heteroatoms. The van der Waals surface area contributed by atoms with Crippen LogP contribution in [0.4, 0.5) is 0 Å².